The normalized spacial score (nSPS) is 10.6. The Morgan fingerprint density at radius 2 is 1.77 bits per heavy atom. The number of rotatable bonds is 8. The summed E-state index contributed by atoms with van der Waals surface area (Å²) in [5.74, 6) is -1.96. The van der Waals surface area contributed by atoms with Crippen LogP contribution in [0.4, 0.5) is 0 Å². The van der Waals surface area contributed by atoms with Crippen LogP contribution in [-0.4, -0.2) is 38.1 Å². The van der Waals surface area contributed by atoms with Crippen molar-refractivity contribution in [1.82, 2.24) is 5.32 Å². The second-order valence-corrected chi connectivity index (χ2v) is 6.20. The number of methoxy groups -OCH3 is 1. The van der Waals surface area contributed by atoms with Crippen molar-refractivity contribution in [3.63, 3.8) is 0 Å². The highest BCUT2D eigenvalue weighted by Crippen LogP contribution is 2.27. The first kappa shape index (κ1) is 21.1. The summed E-state index contributed by atoms with van der Waals surface area (Å²) in [6, 6.07) is 13.6. The van der Waals surface area contributed by atoms with E-state index >= 15 is 0 Å². The number of nitrogens with one attached hydrogen (secondary N) is 1. The Bertz CT molecular complexity index is 1070. The first-order chi connectivity index (χ1) is 14.5. The SMILES string of the molecule is CCOCc1c(C(=O)OCC(=O)NC(=O)c2ccccc2OC)oc2ccccc12. The molecule has 0 aliphatic carbocycles. The van der Waals surface area contributed by atoms with E-state index in [0.29, 0.717) is 23.5 Å². The van der Waals surface area contributed by atoms with Crippen LogP contribution in [0.3, 0.4) is 0 Å². The number of carbonyl (C=O) groups excluding carboxylic acids is 3. The fraction of sp³-hybridized carbons (Fsp3) is 0.227. The van der Waals surface area contributed by atoms with E-state index in [4.69, 9.17) is 18.6 Å². The van der Waals surface area contributed by atoms with E-state index in [1.165, 1.54) is 13.2 Å². The van der Waals surface area contributed by atoms with Gasteiger partial charge in [0.2, 0.25) is 5.76 Å². The molecule has 0 unspecified atom stereocenters. The van der Waals surface area contributed by atoms with Gasteiger partial charge in [0, 0.05) is 17.6 Å². The molecule has 1 aromatic heterocycles. The second kappa shape index (κ2) is 9.71. The Morgan fingerprint density at radius 1 is 1.03 bits per heavy atom. The summed E-state index contributed by atoms with van der Waals surface area (Å²) in [7, 11) is 1.42. The molecule has 30 heavy (non-hydrogen) atoms. The second-order valence-electron chi connectivity index (χ2n) is 6.20. The molecule has 0 radical (unpaired) electrons. The van der Waals surface area contributed by atoms with E-state index in [9.17, 15) is 14.4 Å². The molecule has 0 spiro atoms. The molecular weight excluding hydrogens is 390 g/mol. The molecule has 156 valence electrons. The van der Waals surface area contributed by atoms with E-state index < -0.39 is 24.4 Å². The van der Waals surface area contributed by atoms with E-state index in [-0.39, 0.29) is 17.9 Å². The molecule has 0 bridgehead atoms. The largest absolute Gasteiger partial charge is 0.496 e. The Hall–Kier alpha value is -3.65. The molecule has 0 aliphatic heterocycles. The Morgan fingerprint density at radius 3 is 2.53 bits per heavy atom. The summed E-state index contributed by atoms with van der Waals surface area (Å²) in [6.45, 7) is 1.81. The number of fused-ring (bicyclic) bond motifs is 1. The zero-order valence-electron chi connectivity index (χ0n) is 16.6. The van der Waals surface area contributed by atoms with E-state index in [0.717, 1.165) is 5.39 Å². The van der Waals surface area contributed by atoms with Crippen molar-refractivity contribution in [2.75, 3.05) is 20.3 Å². The maximum atomic E-state index is 12.5. The zero-order valence-corrected chi connectivity index (χ0v) is 16.6. The van der Waals surface area contributed by atoms with Gasteiger partial charge in [0.25, 0.3) is 11.8 Å². The lowest BCUT2D eigenvalue weighted by molar-refractivity contribution is -0.123. The first-order valence-electron chi connectivity index (χ1n) is 9.27. The molecule has 0 fully saturated rings. The number of hydrogen-bond acceptors (Lipinski definition) is 7. The van der Waals surface area contributed by atoms with Crippen LogP contribution in [0.15, 0.2) is 52.9 Å². The van der Waals surface area contributed by atoms with Crippen LogP contribution in [0.5, 0.6) is 5.75 Å². The Balaban J connectivity index is 1.66. The molecule has 0 aliphatic rings. The first-order valence-corrected chi connectivity index (χ1v) is 9.27. The predicted molar refractivity (Wildman–Crippen MR) is 107 cm³/mol. The van der Waals surface area contributed by atoms with Gasteiger partial charge in [-0.25, -0.2) is 4.79 Å². The summed E-state index contributed by atoms with van der Waals surface area (Å²) in [5.41, 5.74) is 1.24. The van der Waals surface area contributed by atoms with Crippen molar-refractivity contribution in [3.8, 4) is 5.75 Å². The molecule has 3 rings (SSSR count). The highest BCUT2D eigenvalue weighted by Gasteiger charge is 2.23. The molecular formula is C22H21NO7. The molecule has 3 aromatic rings. The molecule has 1 heterocycles. The number of para-hydroxylation sites is 2. The smallest absolute Gasteiger partial charge is 0.375 e. The highest BCUT2D eigenvalue weighted by molar-refractivity contribution is 6.07. The average Bonchev–Trinajstić information content (AvgIpc) is 3.14. The maximum Gasteiger partial charge on any atom is 0.375 e. The molecule has 2 amide bonds. The van der Waals surface area contributed by atoms with Gasteiger partial charge >= 0.3 is 5.97 Å². The number of furan rings is 1. The van der Waals surface area contributed by atoms with Gasteiger partial charge in [-0.1, -0.05) is 30.3 Å². The van der Waals surface area contributed by atoms with E-state index in [1.807, 2.05) is 19.1 Å². The molecule has 0 saturated heterocycles. The zero-order chi connectivity index (χ0) is 21.5. The van der Waals surface area contributed by atoms with E-state index in [2.05, 4.69) is 5.32 Å². The van der Waals surface area contributed by atoms with Crippen LogP contribution < -0.4 is 10.1 Å². The third-order valence-corrected chi connectivity index (χ3v) is 4.27. The van der Waals surface area contributed by atoms with Gasteiger partial charge < -0.3 is 18.6 Å². The molecule has 0 saturated carbocycles. The number of benzene rings is 2. The number of hydrogen-bond donors (Lipinski definition) is 1. The standard InChI is InChI=1S/C22H21NO7/c1-3-28-12-16-14-8-4-7-11-18(14)30-20(16)22(26)29-13-19(24)23-21(25)15-9-5-6-10-17(15)27-2/h4-11H,3,12-13H2,1-2H3,(H,23,24,25). The van der Waals surface area contributed by atoms with E-state index in [1.54, 1.807) is 30.3 Å². The minimum Gasteiger partial charge on any atom is -0.496 e. The number of carbonyl (C=O) groups is 3. The van der Waals surface area contributed by atoms with Crippen LogP contribution in [-0.2, 0) is 20.9 Å². The number of imide groups is 1. The summed E-state index contributed by atoms with van der Waals surface area (Å²) < 4.78 is 21.2. The number of esters is 1. The fourth-order valence-corrected chi connectivity index (χ4v) is 2.87. The number of amides is 2. The lowest BCUT2D eigenvalue weighted by Gasteiger charge is -2.08. The summed E-state index contributed by atoms with van der Waals surface area (Å²) in [6.07, 6.45) is 0. The van der Waals surface area contributed by atoms with Crippen molar-refractivity contribution in [2.45, 2.75) is 13.5 Å². The summed E-state index contributed by atoms with van der Waals surface area (Å²) >= 11 is 0. The molecule has 0 atom stereocenters. The van der Waals surface area contributed by atoms with Gasteiger partial charge in [-0.05, 0) is 25.1 Å². The summed E-state index contributed by atoms with van der Waals surface area (Å²) in [5, 5.41) is 2.89. The van der Waals surface area contributed by atoms with Crippen molar-refractivity contribution in [3.05, 3.63) is 65.4 Å². The van der Waals surface area contributed by atoms with Crippen molar-refractivity contribution in [1.29, 1.82) is 0 Å². The molecule has 1 N–H and O–H groups in total. The average molecular weight is 411 g/mol. The van der Waals surface area contributed by atoms with Gasteiger partial charge in [0.15, 0.2) is 6.61 Å². The Labute approximate surface area is 172 Å². The third-order valence-electron chi connectivity index (χ3n) is 4.27. The van der Waals surface area contributed by atoms with Crippen LogP contribution in [0.2, 0.25) is 0 Å². The van der Waals surface area contributed by atoms with Gasteiger partial charge in [-0.15, -0.1) is 0 Å². The highest BCUT2D eigenvalue weighted by atomic mass is 16.5. The maximum absolute atomic E-state index is 12.5. The molecule has 2 aromatic carbocycles. The molecule has 8 nitrogen and oxygen atoms in total. The summed E-state index contributed by atoms with van der Waals surface area (Å²) in [4.78, 5) is 36.8. The molecule has 8 heteroatoms. The lowest BCUT2D eigenvalue weighted by atomic mass is 10.1. The van der Waals surface area contributed by atoms with Gasteiger partial charge in [0.05, 0.1) is 19.3 Å². The van der Waals surface area contributed by atoms with Crippen molar-refractivity contribution < 1.29 is 33.0 Å². The monoisotopic (exact) mass is 411 g/mol. The van der Waals surface area contributed by atoms with Crippen LogP contribution in [0.1, 0.15) is 33.4 Å². The van der Waals surface area contributed by atoms with Gasteiger partial charge in [0.1, 0.15) is 11.3 Å². The quantitative estimate of drug-likeness (QED) is 0.568. The lowest BCUT2D eigenvalue weighted by Crippen LogP contribution is -2.34. The van der Waals surface area contributed by atoms with Crippen LogP contribution in [0.25, 0.3) is 11.0 Å². The van der Waals surface area contributed by atoms with Crippen molar-refractivity contribution in [2.24, 2.45) is 0 Å². The predicted octanol–water partition coefficient (Wildman–Crippen LogP) is 3.09. The minimum atomic E-state index is -0.819. The third kappa shape index (κ3) is 4.66. The minimum absolute atomic E-state index is 0.0338. The van der Waals surface area contributed by atoms with Gasteiger partial charge in [-0.3, -0.25) is 14.9 Å². The topological polar surface area (TPSA) is 104 Å². The Kier molecular flexibility index (Phi) is 6.82. The van der Waals surface area contributed by atoms with Gasteiger partial charge in [-0.2, -0.15) is 0 Å². The van der Waals surface area contributed by atoms with Crippen LogP contribution in [0, 0.1) is 0 Å². The van der Waals surface area contributed by atoms with Crippen LogP contribution >= 0.6 is 0 Å². The van der Waals surface area contributed by atoms with Crippen molar-refractivity contribution >= 4 is 28.8 Å². The number of ether oxygens (including phenoxy) is 3. The fourth-order valence-electron chi connectivity index (χ4n) is 2.87.